The number of hydrogen-bond donors (Lipinski definition) is 3. The Balaban J connectivity index is 1.90. The summed E-state index contributed by atoms with van der Waals surface area (Å²) in [5.41, 5.74) is -0.663. The number of carboxylic acid groups (broad SMARTS) is 1. The summed E-state index contributed by atoms with van der Waals surface area (Å²) < 4.78 is 6.65. The molecule has 3 N–H and O–H groups in total. The Morgan fingerprint density at radius 2 is 2.20 bits per heavy atom. The van der Waals surface area contributed by atoms with Crippen LogP contribution in [0.2, 0.25) is 0 Å². The maximum atomic E-state index is 11.8. The average molecular weight is 283 g/mol. The van der Waals surface area contributed by atoms with Gasteiger partial charge in [0, 0.05) is 39.3 Å². The van der Waals surface area contributed by atoms with Gasteiger partial charge in [-0.2, -0.15) is 0 Å². The third kappa shape index (κ3) is 3.23. The lowest BCUT2D eigenvalue weighted by Crippen LogP contribution is -2.59. The van der Waals surface area contributed by atoms with Gasteiger partial charge in [0.1, 0.15) is 11.2 Å². The molecule has 2 rings (SSSR count). The van der Waals surface area contributed by atoms with Crippen LogP contribution in [0.25, 0.3) is 0 Å². The molecule has 0 aliphatic carbocycles. The van der Waals surface area contributed by atoms with Gasteiger partial charge in [-0.1, -0.05) is 5.21 Å². The molecule has 0 saturated carbocycles. The minimum absolute atomic E-state index is 0.186. The van der Waals surface area contributed by atoms with Crippen molar-refractivity contribution in [2.24, 2.45) is 7.05 Å². The van der Waals surface area contributed by atoms with Crippen molar-refractivity contribution in [1.29, 1.82) is 0 Å². The second-order valence-electron chi connectivity index (χ2n) is 4.69. The highest BCUT2D eigenvalue weighted by Crippen LogP contribution is 2.20. The van der Waals surface area contributed by atoms with Gasteiger partial charge in [-0.05, 0) is 0 Å². The lowest BCUT2D eigenvalue weighted by Gasteiger charge is -2.33. The summed E-state index contributed by atoms with van der Waals surface area (Å²) in [6, 6.07) is -0.542. The van der Waals surface area contributed by atoms with Gasteiger partial charge in [0.15, 0.2) is 0 Å². The van der Waals surface area contributed by atoms with Crippen LogP contribution in [0, 0.1) is 0 Å². The van der Waals surface area contributed by atoms with E-state index in [4.69, 9.17) is 4.74 Å². The van der Waals surface area contributed by atoms with E-state index in [1.54, 1.807) is 13.2 Å². The topological polar surface area (TPSA) is 118 Å². The largest absolute Gasteiger partial charge is 0.480 e. The first-order chi connectivity index (χ1) is 9.52. The van der Waals surface area contributed by atoms with Gasteiger partial charge in [0.05, 0.1) is 6.54 Å². The number of aryl methyl sites for hydroxylation is 1. The quantitative estimate of drug-likeness (QED) is 0.669. The van der Waals surface area contributed by atoms with Crippen molar-refractivity contribution in [3.8, 4) is 0 Å². The first kappa shape index (κ1) is 14.3. The van der Waals surface area contributed by atoms with Crippen LogP contribution in [0.5, 0.6) is 0 Å². The predicted molar refractivity (Wildman–Crippen MR) is 66.8 cm³/mol. The number of nitrogens with one attached hydrogen (secondary N) is 2. The standard InChI is InChI=1S/C11H17N5O4/c1-16-7-8(14-15-16)6-12-10(19)13-11(9(17)18)2-4-20-5-3-11/h7H,2-6H2,1H3,(H,17,18)(H2,12,13,19). The van der Waals surface area contributed by atoms with Crippen LogP contribution in [0.15, 0.2) is 6.20 Å². The number of hydrogen-bond acceptors (Lipinski definition) is 5. The zero-order chi connectivity index (χ0) is 14.6. The van der Waals surface area contributed by atoms with Crippen molar-refractivity contribution in [1.82, 2.24) is 25.6 Å². The van der Waals surface area contributed by atoms with Crippen LogP contribution < -0.4 is 10.6 Å². The monoisotopic (exact) mass is 283 g/mol. The minimum atomic E-state index is -1.26. The molecule has 0 radical (unpaired) electrons. The highest BCUT2D eigenvalue weighted by Gasteiger charge is 2.41. The maximum Gasteiger partial charge on any atom is 0.329 e. The van der Waals surface area contributed by atoms with Crippen LogP contribution in [-0.2, 0) is 23.1 Å². The molecule has 1 aliphatic heterocycles. The molecule has 1 saturated heterocycles. The van der Waals surface area contributed by atoms with E-state index in [1.807, 2.05) is 0 Å². The minimum Gasteiger partial charge on any atom is -0.480 e. The van der Waals surface area contributed by atoms with E-state index in [0.29, 0.717) is 18.9 Å². The van der Waals surface area contributed by atoms with E-state index in [2.05, 4.69) is 20.9 Å². The molecule has 0 atom stereocenters. The molecule has 1 aromatic heterocycles. The second-order valence-corrected chi connectivity index (χ2v) is 4.69. The van der Waals surface area contributed by atoms with Crippen LogP contribution in [0.3, 0.4) is 0 Å². The second kappa shape index (κ2) is 5.87. The fourth-order valence-electron chi connectivity index (χ4n) is 2.02. The Morgan fingerprint density at radius 3 is 2.75 bits per heavy atom. The molecule has 1 aliphatic rings. The summed E-state index contributed by atoms with van der Waals surface area (Å²) in [4.78, 5) is 23.2. The van der Waals surface area contributed by atoms with E-state index in [-0.39, 0.29) is 19.4 Å². The van der Waals surface area contributed by atoms with E-state index in [1.165, 1.54) is 4.68 Å². The summed E-state index contributed by atoms with van der Waals surface area (Å²) in [6.45, 7) is 0.819. The summed E-state index contributed by atoms with van der Waals surface area (Å²) >= 11 is 0. The van der Waals surface area contributed by atoms with Gasteiger partial charge in [-0.3, -0.25) is 4.68 Å². The molecule has 9 nitrogen and oxygen atoms in total. The summed E-state index contributed by atoms with van der Waals surface area (Å²) in [5.74, 6) is -1.05. The fraction of sp³-hybridized carbons (Fsp3) is 0.636. The van der Waals surface area contributed by atoms with Gasteiger partial charge in [-0.25, -0.2) is 9.59 Å². The Bertz CT molecular complexity index is 495. The fourth-order valence-corrected chi connectivity index (χ4v) is 2.02. The maximum absolute atomic E-state index is 11.8. The third-order valence-corrected chi connectivity index (χ3v) is 3.19. The van der Waals surface area contributed by atoms with Gasteiger partial charge in [-0.15, -0.1) is 5.10 Å². The average Bonchev–Trinajstić information content (AvgIpc) is 2.83. The summed E-state index contributed by atoms with van der Waals surface area (Å²) in [7, 11) is 1.72. The predicted octanol–water partition coefficient (Wildman–Crippen LogP) is -0.752. The number of aromatic nitrogens is 3. The number of amides is 2. The molecule has 1 fully saturated rings. The summed E-state index contributed by atoms with van der Waals surface area (Å²) in [6.07, 6.45) is 2.17. The Morgan fingerprint density at radius 1 is 1.50 bits per heavy atom. The Hall–Kier alpha value is -2.16. The van der Waals surface area contributed by atoms with Crippen molar-refractivity contribution in [2.75, 3.05) is 13.2 Å². The van der Waals surface area contributed by atoms with Gasteiger partial charge in [0.2, 0.25) is 0 Å². The van der Waals surface area contributed by atoms with Crippen molar-refractivity contribution < 1.29 is 19.4 Å². The number of carbonyl (C=O) groups excluding carboxylic acids is 1. The molecule has 0 unspecified atom stereocenters. The molecule has 20 heavy (non-hydrogen) atoms. The number of rotatable bonds is 4. The number of ether oxygens (including phenoxy) is 1. The zero-order valence-electron chi connectivity index (χ0n) is 11.1. The van der Waals surface area contributed by atoms with Crippen LogP contribution in [0.4, 0.5) is 4.79 Å². The van der Waals surface area contributed by atoms with Crippen molar-refractivity contribution in [3.63, 3.8) is 0 Å². The third-order valence-electron chi connectivity index (χ3n) is 3.19. The SMILES string of the molecule is Cn1cc(CNC(=O)NC2(C(=O)O)CCOCC2)nn1. The molecule has 2 amide bonds. The van der Waals surface area contributed by atoms with E-state index in [9.17, 15) is 14.7 Å². The van der Waals surface area contributed by atoms with E-state index in [0.717, 1.165) is 0 Å². The molecule has 110 valence electrons. The first-order valence-electron chi connectivity index (χ1n) is 6.24. The van der Waals surface area contributed by atoms with Crippen LogP contribution in [0.1, 0.15) is 18.5 Å². The molecule has 9 heteroatoms. The lowest BCUT2D eigenvalue weighted by molar-refractivity contribution is -0.148. The van der Waals surface area contributed by atoms with Gasteiger partial charge < -0.3 is 20.5 Å². The normalized spacial score (nSPS) is 17.4. The molecule has 1 aromatic rings. The van der Waals surface area contributed by atoms with Crippen LogP contribution >= 0.6 is 0 Å². The first-order valence-corrected chi connectivity index (χ1v) is 6.24. The molecule has 0 spiro atoms. The van der Waals surface area contributed by atoms with Crippen LogP contribution in [-0.4, -0.2) is 50.9 Å². The number of carbonyl (C=O) groups is 2. The molecule has 2 heterocycles. The summed E-state index contributed by atoms with van der Waals surface area (Å²) in [5, 5.41) is 22.0. The Labute approximate surface area is 115 Å². The molecule has 0 bridgehead atoms. The number of aliphatic carboxylic acids is 1. The molecular formula is C11H17N5O4. The van der Waals surface area contributed by atoms with Crippen molar-refractivity contribution >= 4 is 12.0 Å². The van der Waals surface area contributed by atoms with Gasteiger partial charge >= 0.3 is 12.0 Å². The Kier molecular flexibility index (Phi) is 4.18. The smallest absolute Gasteiger partial charge is 0.329 e. The van der Waals surface area contributed by atoms with Gasteiger partial charge in [0.25, 0.3) is 0 Å². The highest BCUT2D eigenvalue weighted by molar-refractivity contribution is 5.86. The number of carboxylic acids is 1. The van der Waals surface area contributed by atoms with E-state index < -0.39 is 17.5 Å². The molecule has 0 aromatic carbocycles. The number of urea groups is 1. The van der Waals surface area contributed by atoms with E-state index >= 15 is 0 Å². The molecular weight excluding hydrogens is 266 g/mol. The van der Waals surface area contributed by atoms with Crippen molar-refractivity contribution in [3.05, 3.63) is 11.9 Å². The highest BCUT2D eigenvalue weighted by atomic mass is 16.5. The van der Waals surface area contributed by atoms with Crippen molar-refractivity contribution in [2.45, 2.75) is 24.9 Å². The zero-order valence-corrected chi connectivity index (χ0v) is 11.1. The lowest BCUT2D eigenvalue weighted by atomic mass is 9.90. The number of nitrogens with zero attached hydrogens (tertiary/aromatic N) is 3.